The maximum absolute atomic E-state index is 12.3. The molecule has 0 aromatic heterocycles. The van der Waals surface area contributed by atoms with Crippen molar-refractivity contribution in [1.29, 1.82) is 0 Å². The fraction of sp³-hybridized carbons (Fsp3) is 0.933. The molecule has 4 heteroatoms. The third kappa shape index (κ3) is 4.75. The highest BCUT2D eigenvalue weighted by atomic mass is 79.9. The number of hydrogen-bond donors (Lipinski definition) is 0. The van der Waals surface area contributed by atoms with Gasteiger partial charge in [0.25, 0.3) is 0 Å². The molecule has 1 saturated heterocycles. The number of hydrogen-bond acceptors (Lipinski definition) is 2. The number of rotatable bonds is 4. The Hall–Kier alpha value is -0.0900. The van der Waals surface area contributed by atoms with Gasteiger partial charge in [-0.15, -0.1) is 0 Å². The van der Waals surface area contributed by atoms with E-state index in [1.165, 1.54) is 32.1 Å². The summed E-state index contributed by atoms with van der Waals surface area (Å²) in [6, 6.07) is 0. The van der Waals surface area contributed by atoms with Gasteiger partial charge in [0.1, 0.15) is 0 Å². The first kappa shape index (κ1) is 15.3. The van der Waals surface area contributed by atoms with Crippen LogP contribution in [0.2, 0.25) is 0 Å². The van der Waals surface area contributed by atoms with E-state index in [4.69, 9.17) is 4.74 Å². The topological polar surface area (TPSA) is 29.5 Å². The SMILES string of the molecule is CC1CN(C(=O)CCC2CCCCC2)CC(CBr)O1. The van der Waals surface area contributed by atoms with Gasteiger partial charge in [0.05, 0.1) is 12.2 Å². The fourth-order valence-electron chi connectivity index (χ4n) is 3.30. The van der Waals surface area contributed by atoms with E-state index in [-0.39, 0.29) is 12.2 Å². The highest BCUT2D eigenvalue weighted by Crippen LogP contribution is 2.27. The van der Waals surface area contributed by atoms with Crippen molar-refractivity contribution in [3.05, 3.63) is 0 Å². The van der Waals surface area contributed by atoms with Gasteiger partial charge >= 0.3 is 0 Å². The van der Waals surface area contributed by atoms with E-state index in [0.29, 0.717) is 5.91 Å². The summed E-state index contributed by atoms with van der Waals surface area (Å²) < 4.78 is 5.77. The monoisotopic (exact) mass is 331 g/mol. The molecule has 0 aromatic carbocycles. The Morgan fingerprint density at radius 2 is 2.00 bits per heavy atom. The van der Waals surface area contributed by atoms with Crippen LogP contribution in [-0.4, -0.2) is 41.4 Å². The van der Waals surface area contributed by atoms with E-state index in [2.05, 4.69) is 22.9 Å². The summed E-state index contributed by atoms with van der Waals surface area (Å²) in [5.41, 5.74) is 0. The quantitative estimate of drug-likeness (QED) is 0.739. The summed E-state index contributed by atoms with van der Waals surface area (Å²) in [5.74, 6) is 1.12. The third-order valence-electron chi connectivity index (χ3n) is 4.34. The smallest absolute Gasteiger partial charge is 0.222 e. The Kier molecular flexibility index (Phi) is 6.14. The Morgan fingerprint density at radius 1 is 1.26 bits per heavy atom. The summed E-state index contributed by atoms with van der Waals surface area (Å²) in [6.45, 7) is 3.56. The molecular formula is C15H26BrNO2. The molecule has 1 heterocycles. The van der Waals surface area contributed by atoms with Gasteiger partial charge in [-0.2, -0.15) is 0 Å². The van der Waals surface area contributed by atoms with Crippen LogP contribution in [0, 0.1) is 5.92 Å². The molecular weight excluding hydrogens is 306 g/mol. The Bertz CT molecular complexity index is 292. The van der Waals surface area contributed by atoms with Gasteiger partial charge in [-0.1, -0.05) is 48.0 Å². The number of amides is 1. The van der Waals surface area contributed by atoms with Crippen molar-refractivity contribution in [3.8, 4) is 0 Å². The average Bonchev–Trinajstić information content (AvgIpc) is 2.45. The Morgan fingerprint density at radius 3 is 2.68 bits per heavy atom. The zero-order valence-corrected chi connectivity index (χ0v) is 13.5. The molecule has 2 fully saturated rings. The first-order valence-electron chi connectivity index (χ1n) is 7.68. The predicted molar refractivity (Wildman–Crippen MR) is 80.5 cm³/mol. The van der Waals surface area contributed by atoms with Crippen LogP contribution in [0.3, 0.4) is 0 Å². The molecule has 0 aromatic rings. The summed E-state index contributed by atoms with van der Waals surface area (Å²) in [5, 5.41) is 0.809. The van der Waals surface area contributed by atoms with Gasteiger partial charge < -0.3 is 9.64 Å². The van der Waals surface area contributed by atoms with E-state index < -0.39 is 0 Å². The normalized spacial score (nSPS) is 29.5. The van der Waals surface area contributed by atoms with Crippen molar-refractivity contribution in [2.45, 2.75) is 64.1 Å². The van der Waals surface area contributed by atoms with Crippen LogP contribution >= 0.6 is 15.9 Å². The van der Waals surface area contributed by atoms with E-state index in [1.807, 2.05) is 4.90 Å². The number of carbonyl (C=O) groups is 1. The molecule has 1 saturated carbocycles. The zero-order valence-electron chi connectivity index (χ0n) is 11.9. The molecule has 0 spiro atoms. The van der Waals surface area contributed by atoms with E-state index in [9.17, 15) is 4.79 Å². The lowest BCUT2D eigenvalue weighted by Crippen LogP contribution is -2.49. The maximum Gasteiger partial charge on any atom is 0.222 e. The van der Waals surface area contributed by atoms with Crippen molar-refractivity contribution >= 4 is 21.8 Å². The van der Waals surface area contributed by atoms with Crippen molar-refractivity contribution < 1.29 is 9.53 Å². The summed E-state index contributed by atoms with van der Waals surface area (Å²) in [6.07, 6.45) is 8.90. The van der Waals surface area contributed by atoms with Crippen LogP contribution in [0.5, 0.6) is 0 Å². The van der Waals surface area contributed by atoms with Crippen LogP contribution in [0.1, 0.15) is 51.9 Å². The minimum absolute atomic E-state index is 0.155. The second kappa shape index (κ2) is 7.63. The molecule has 2 rings (SSSR count). The van der Waals surface area contributed by atoms with E-state index >= 15 is 0 Å². The maximum atomic E-state index is 12.3. The number of nitrogens with zero attached hydrogens (tertiary/aromatic N) is 1. The van der Waals surface area contributed by atoms with Crippen LogP contribution in [0.25, 0.3) is 0 Å². The van der Waals surface area contributed by atoms with Crippen molar-refractivity contribution in [1.82, 2.24) is 4.90 Å². The van der Waals surface area contributed by atoms with Gasteiger partial charge in [-0.05, 0) is 19.3 Å². The van der Waals surface area contributed by atoms with Crippen molar-refractivity contribution in [3.63, 3.8) is 0 Å². The lowest BCUT2D eigenvalue weighted by Gasteiger charge is -2.36. The first-order chi connectivity index (χ1) is 9.19. The molecule has 2 unspecified atom stereocenters. The number of morpholine rings is 1. The number of carbonyl (C=O) groups excluding carboxylic acids is 1. The van der Waals surface area contributed by atoms with Gasteiger partial charge in [-0.25, -0.2) is 0 Å². The van der Waals surface area contributed by atoms with Crippen molar-refractivity contribution in [2.75, 3.05) is 18.4 Å². The highest BCUT2D eigenvalue weighted by molar-refractivity contribution is 9.09. The molecule has 0 bridgehead atoms. The molecule has 2 aliphatic rings. The molecule has 1 amide bonds. The van der Waals surface area contributed by atoms with Gasteiger partial charge in [0.2, 0.25) is 5.91 Å². The fourth-order valence-corrected chi connectivity index (χ4v) is 3.65. The lowest BCUT2D eigenvalue weighted by atomic mass is 9.86. The second-order valence-electron chi connectivity index (χ2n) is 6.06. The minimum Gasteiger partial charge on any atom is -0.371 e. The first-order valence-corrected chi connectivity index (χ1v) is 8.80. The van der Waals surface area contributed by atoms with Crippen LogP contribution in [0.4, 0.5) is 0 Å². The Labute approximate surface area is 125 Å². The number of ether oxygens (including phenoxy) is 1. The van der Waals surface area contributed by atoms with E-state index in [1.54, 1.807) is 0 Å². The standard InChI is InChI=1S/C15H26BrNO2/c1-12-10-17(11-14(9-16)19-12)15(18)8-7-13-5-3-2-4-6-13/h12-14H,2-11H2,1H3. The van der Waals surface area contributed by atoms with Gasteiger partial charge in [-0.3, -0.25) is 4.79 Å². The molecule has 0 radical (unpaired) electrons. The Balaban J connectivity index is 1.75. The van der Waals surface area contributed by atoms with E-state index in [0.717, 1.165) is 37.2 Å². The highest BCUT2D eigenvalue weighted by Gasteiger charge is 2.27. The largest absolute Gasteiger partial charge is 0.371 e. The molecule has 3 nitrogen and oxygen atoms in total. The summed E-state index contributed by atoms with van der Waals surface area (Å²) in [4.78, 5) is 14.3. The predicted octanol–water partition coefficient (Wildman–Crippen LogP) is 3.36. The molecule has 0 N–H and O–H groups in total. The van der Waals surface area contributed by atoms with Gasteiger partial charge in [0, 0.05) is 24.8 Å². The summed E-state index contributed by atoms with van der Waals surface area (Å²) >= 11 is 3.45. The lowest BCUT2D eigenvalue weighted by molar-refractivity contribution is -0.143. The zero-order chi connectivity index (χ0) is 13.7. The number of halogens is 1. The average molecular weight is 332 g/mol. The van der Waals surface area contributed by atoms with Crippen LogP contribution in [-0.2, 0) is 9.53 Å². The summed E-state index contributed by atoms with van der Waals surface area (Å²) in [7, 11) is 0. The second-order valence-corrected chi connectivity index (χ2v) is 6.71. The molecule has 1 aliphatic heterocycles. The third-order valence-corrected chi connectivity index (χ3v) is 5.06. The molecule has 1 aliphatic carbocycles. The van der Waals surface area contributed by atoms with Crippen LogP contribution < -0.4 is 0 Å². The number of alkyl halides is 1. The molecule has 2 atom stereocenters. The molecule has 19 heavy (non-hydrogen) atoms. The van der Waals surface area contributed by atoms with Crippen LogP contribution in [0.15, 0.2) is 0 Å². The minimum atomic E-state index is 0.155. The van der Waals surface area contributed by atoms with Crippen molar-refractivity contribution in [2.24, 2.45) is 5.92 Å². The molecule has 110 valence electrons. The van der Waals surface area contributed by atoms with Gasteiger partial charge in [0.15, 0.2) is 0 Å².